The van der Waals surface area contributed by atoms with Gasteiger partial charge in [-0.25, -0.2) is 19.3 Å². The highest BCUT2D eigenvalue weighted by molar-refractivity contribution is 6.03. The molecule has 0 spiro atoms. The average molecular weight is 452 g/mol. The third-order valence-electron chi connectivity index (χ3n) is 5.57. The van der Waals surface area contributed by atoms with E-state index in [9.17, 15) is 4.39 Å². The van der Waals surface area contributed by atoms with Gasteiger partial charge in [-0.15, -0.1) is 0 Å². The number of hydrogen-bond acceptors (Lipinski definition) is 8. The zero-order valence-corrected chi connectivity index (χ0v) is 18.8. The average Bonchev–Trinajstić information content (AvgIpc) is 2.81. The highest BCUT2D eigenvalue weighted by Gasteiger charge is 2.31. The lowest BCUT2D eigenvalue weighted by atomic mass is 9.79. The molecule has 1 aromatic carbocycles. The second-order valence-electron chi connectivity index (χ2n) is 7.75. The Morgan fingerprint density at radius 2 is 1.94 bits per heavy atom. The van der Waals surface area contributed by atoms with Crippen molar-refractivity contribution in [1.82, 2.24) is 15.0 Å². The molecule has 3 aromatic rings. The predicted octanol–water partition coefficient (Wildman–Crippen LogP) is 3.67. The summed E-state index contributed by atoms with van der Waals surface area (Å²) in [6.45, 7) is 2.63. The molecule has 0 amide bonds. The molecule has 2 heterocycles. The van der Waals surface area contributed by atoms with Gasteiger partial charge >= 0.3 is 0 Å². The lowest BCUT2D eigenvalue weighted by Gasteiger charge is -2.27. The van der Waals surface area contributed by atoms with Crippen LogP contribution in [0.4, 0.5) is 10.3 Å². The molecule has 0 bridgehead atoms. The molecule has 4 rings (SSSR count). The molecule has 1 atom stereocenters. The number of nitrogens with zero attached hydrogens (tertiary/aromatic N) is 4. The Bertz CT molecular complexity index is 1180. The van der Waals surface area contributed by atoms with Crippen LogP contribution in [0.5, 0.6) is 5.88 Å². The van der Waals surface area contributed by atoms with Crippen molar-refractivity contribution in [2.24, 2.45) is 5.16 Å². The van der Waals surface area contributed by atoms with Crippen LogP contribution in [0, 0.1) is 12.7 Å². The summed E-state index contributed by atoms with van der Waals surface area (Å²) in [5, 5.41) is 4.38. The smallest absolute Gasteiger partial charge is 0.220 e. The van der Waals surface area contributed by atoms with E-state index in [0.717, 1.165) is 28.2 Å². The van der Waals surface area contributed by atoms with Gasteiger partial charge in [0.1, 0.15) is 12.4 Å². The van der Waals surface area contributed by atoms with E-state index < -0.39 is 0 Å². The van der Waals surface area contributed by atoms with Crippen molar-refractivity contribution in [3.05, 3.63) is 64.7 Å². The third kappa shape index (κ3) is 4.93. The Labute approximate surface area is 191 Å². The predicted molar refractivity (Wildman–Crippen MR) is 123 cm³/mol. The van der Waals surface area contributed by atoms with Crippen LogP contribution in [0.25, 0.3) is 11.3 Å². The fraction of sp³-hybridized carbons (Fsp3) is 0.333. The lowest BCUT2D eigenvalue weighted by molar-refractivity contribution is 0.0747. The molecule has 0 fully saturated rings. The van der Waals surface area contributed by atoms with Gasteiger partial charge in [-0.2, -0.15) is 0 Å². The van der Waals surface area contributed by atoms with Gasteiger partial charge in [-0.1, -0.05) is 17.3 Å². The fourth-order valence-corrected chi connectivity index (χ4v) is 4.15. The maximum atomic E-state index is 14.3. The van der Waals surface area contributed by atoms with E-state index >= 15 is 0 Å². The maximum absolute atomic E-state index is 14.3. The van der Waals surface area contributed by atoms with E-state index in [1.165, 1.54) is 12.1 Å². The number of rotatable bonds is 7. The van der Waals surface area contributed by atoms with Crippen molar-refractivity contribution in [2.75, 3.05) is 33.2 Å². The molecule has 2 N–H and O–H groups in total. The van der Waals surface area contributed by atoms with Crippen LogP contribution >= 0.6 is 0 Å². The first-order valence-corrected chi connectivity index (χ1v) is 10.6. The second kappa shape index (κ2) is 9.91. The third-order valence-corrected chi connectivity index (χ3v) is 5.57. The van der Waals surface area contributed by atoms with E-state index in [0.29, 0.717) is 43.2 Å². The van der Waals surface area contributed by atoms with Gasteiger partial charge < -0.3 is 20.0 Å². The molecule has 1 aliphatic carbocycles. The van der Waals surface area contributed by atoms with E-state index in [1.807, 2.05) is 19.1 Å². The van der Waals surface area contributed by atoms with Crippen LogP contribution in [0.15, 0.2) is 41.6 Å². The zero-order valence-electron chi connectivity index (χ0n) is 18.8. The number of aromatic nitrogens is 3. The molecule has 0 saturated heterocycles. The summed E-state index contributed by atoms with van der Waals surface area (Å²) in [6.07, 6.45) is 1.17. The Hall–Kier alpha value is -3.59. The van der Waals surface area contributed by atoms with Crippen LogP contribution in [0.2, 0.25) is 0 Å². The van der Waals surface area contributed by atoms with Crippen LogP contribution in [0.3, 0.4) is 0 Å². The monoisotopic (exact) mass is 451 g/mol. The molecule has 8 nitrogen and oxygen atoms in total. The number of halogens is 1. The van der Waals surface area contributed by atoms with Gasteiger partial charge in [0.15, 0.2) is 0 Å². The highest BCUT2D eigenvalue weighted by Crippen LogP contribution is 2.38. The zero-order chi connectivity index (χ0) is 23.4. The molecule has 172 valence electrons. The SMILES string of the molecule is COCCON=C1C[C@H](c2ccc(F)cc2-c2cccc(OC)n2)Cc2nc(N)nc(C)c21. The number of benzene rings is 1. The molecule has 33 heavy (non-hydrogen) atoms. The Kier molecular flexibility index (Phi) is 6.79. The number of methoxy groups -OCH3 is 2. The lowest BCUT2D eigenvalue weighted by Crippen LogP contribution is -2.24. The van der Waals surface area contributed by atoms with Gasteiger partial charge in [0.05, 0.1) is 36.5 Å². The standard InChI is InChI=1S/C24H26FN5O3/c1-14-23-20(29-24(26)27-14)11-15(12-21(23)30-33-10-9-31-2)17-8-7-16(25)13-18(17)19-5-4-6-22(28-19)32-3/h4-8,13,15H,9-12H2,1-3H3,(H2,26,27,29)/t15-/m1/s1. The first-order chi connectivity index (χ1) is 16.0. The molecule has 0 radical (unpaired) electrons. The molecule has 0 saturated carbocycles. The summed E-state index contributed by atoms with van der Waals surface area (Å²) in [5.41, 5.74) is 11.3. The Morgan fingerprint density at radius 1 is 1.09 bits per heavy atom. The minimum Gasteiger partial charge on any atom is -0.481 e. The summed E-state index contributed by atoms with van der Waals surface area (Å²) >= 11 is 0. The molecule has 2 aromatic heterocycles. The number of nitrogen functional groups attached to an aromatic ring is 1. The summed E-state index contributed by atoms with van der Waals surface area (Å²) < 4.78 is 24.6. The van der Waals surface area contributed by atoms with E-state index in [4.69, 9.17) is 20.0 Å². The minimum absolute atomic E-state index is 0.0421. The molecular weight excluding hydrogens is 425 g/mol. The number of pyridine rings is 1. The van der Waals surface area contributed by atoms with Gasteiger partial charge in [0.25, 0.3) is 0 Å². The van der Waals surface area contributed by atoms with Crippen molar-refractivity contribution in [2.45, 2.75) is 25.7 Å². The first-order valence-electron chi connectivity index (χ1n) is 10.6. The molecule has 0 aliphatic heterocycles. The topological polar surface area (TPSA) is 105 Å². The normalized spacial score (nSPS) is 16.5. The van der Waals surface area contributed by atoms with Crippen molar-refractivity contribution in [3.8, 4) is 17.1 Å². The number of fused-ring (bicyclic) bond motifs is 1. The first kappa shape index (κ1) is 22.6. The van der Waals surface area contributed by atoms with E-state index in [2.05, 4.69) is 20.1 Å². The van der Waals surface area contributed by atoms with Gasteiger partial charge in [-0.05, 0) is 43.0 Å². The molecule has 1 aliphatic rings. The largest absolute Gasteiger partial charge is 0.481 e. The molecular formula is C24H26FN5O3. The maximum Gasteiger partial charge on any atom is 0.220 e. The van der Waals surface area contributed by atoms with E-state index in [-0.39, 0.29) is 17.7 Å². The van der Waals surface area contributed by atoms with Crippen LogP contribution in [-0.2, 0) is 16.0 Å². The second-order valence-corrected chi connectivity index (χ2v) is 7.75. The molecule has 9 heteroatoms. The number of hydrogen-bond donors (Lipinski definition) is 1. The van der Waals surface area contributed by atoms with E-state index in [1.54, 1.807) is 26.4 Å². The summed E-state index contributed by atoms with van der Waals surface area (Å²) in [7, 11) is 3.15. The minimum atomic E-state index is -0.339. The summed E-state index contributed by atoms with van der Waals surface area (Å²) in [4.78, 5) is 18.8. The van der Waals surface area contributed by atoms with Crippen LogP contribution in [0.1, 0.15) is 34.9 Å². The number of aryl methyl sites for hydroxylation is 1. The van der Waals surface area contributed by atoms with Crippen molar-refractivity contribution in [1.29, 1.82) is 0 Å². The van der Waals surface area contributed by atoms with Gasteiger partial charge in [-0.3, -0.25) is 0 Å². The van der Waals surface area contributed by atoms with Crippen LogP contribution in [-0.4, -0.2) is 48.1 Å². The van der Waals surface area contributed by atoms with Gasteiger partial charge in [0.2, 0.25) is 11.8 Å². The van der Waals surface area contributed by atoms with Crippen LogP contribution < -0.4 is 10.5 Å². The van der Waals surface area contributed by atoms with Crippen molar-refractivity contribution < 1.29 is 18.7 Å². The Balaban J connectivity index is 1.78. The summed E-state index contributed by atoms with van der Waals surface area (Å²) in [5.74, 6) is 0.287. The van der Waals surface area contributed by atoms with Crippen molar-refractivity contribution >= 4 is 11.7 Å². The highest BCUT2D eigenvalue weighted by atomic mass is 19.1. The molecule has 0 unspecified atom stereocenters. The Morgan fingerprint density at radius 3 is 2.73 bits per heavy atom. The summed E-state index contributed by atoms with van der Waals surface area (Å²) in [6, 6.07) is 10.2. The number of anilines is 1. The van der Waals surface area contributed by atoms with Gasteiger partial charge in [0, 0.05) is 30.7 Å². The number of oxime groups is 1. The number of nitrogens with two attached hydrogens (primary N) is 1. The fourth-order valence-electron chi connectivity index (χ4n) is 4.15. The van der Waals surface area contributed by atoms with Crippen molar-refractivity contribution in [3.63, 3.8) is 0 Å². The quantitative estimate of drug-likeness (QED) is 0.432. The number of ether oxygens (including phenoxy) is 2.